The van der Waals surface area contributed by atoms with E-state index >= 15 is 0 Å². The monoisotopic (exact) mass is 492 g/mol. The van der Waals surface area contributed by atoms with Crippen LogP contribution in [0.3, 0.4) is 0 Å². The Balaban J connectivity index is 1.30. The summed E-state index contributed by atoms with van der Waals surface area (Å²) in [6.07, 6.45) is 4.54. The fraction of sp³-hybridized carbons (Fsp3) is 0.400. The first-order chi connectivity index (χ1) is 17.6. The van der Waals surface area contributed by atoms with E-state index in [1.165, 1.54) is 18.2 Å². The van der Waals surface area contributed by atoms with E-state index in [0.29, 0.717) is 56.8 Å². The minimum absolute atomic E-state index is 0.0842. The van der Waals surface area contributed by atoms with Gasteiger partial charge in [-0.05, 0) is 42.5 Å². The molecule has 5 rings (SSSR count). The number of nitro groups is 1. The molecule has 0 radical (unpaired) electrons. The third-order valence-corrected chi connectivity index (χ3v) is 6.94. The molecule has 11 heteroatoms. The number of methoxy groups -OCH3 is 1. The fourth-order valence-corrected chi connectivity index (χ4v) is 5.07. The Morgan fingerprint density at radius 1 is 1.00 bits per heavy atom. The molecule has 4 heterocycles. The van der Waals surface area contributed by atoms with Crippen molar-refractivity contribution in [1.82, 2.24) is 14.9 Å². The molecule has 0 N–H and O–H groups in total. The number of piperazine rings is 1. The molecule has 2 aliphatic rings. The minimum Gasteiger partial charge on any atom is -0.496 e. The lowest BCUT2D eigenvalue weighted by Crippen LogP contribution is -2.49. The lowest BCUT2D eigenvalue weighted by Gasteiger charge is -2.36. The number of anilines is 2. The molecule has 188 valence electrons. The molecule has 0 aliphatic carbocycles. The highest BCUT2D eigenvalue weighted by Gasteiger charge is 2.34. The van der Waals surface area contributed by atoms with Crippen LogP contribution in [-0.2, 0) is 0 Å². The van der Waals surface area contributed by atoms with Crippen LogP contribution < -0.4 is 14.5 Å². The zero-order chi connectivity index (χ0) is 25.1. The average Bonchev–Trinajstić information content (AvgIpc) is 3.47. The number of carbonyl (C=O) groups excluding carboxylic acids is 1. The highest BCUT2D eigenvalue weighted by Crippen LogP contribution is 2.39. The molecule has 2 aromatic heterocycles. The standard InChI is InChI=1S/C25H28N6O5/c1-35-20-6-3-2-5-19(20)18-8-10-28(11-9-18)23-22(31(33)34)24(27-17-26-23)29-12-14-30(15-13-29)25(32)21-7-4-16-36-21/h2-7,16-18H,8-15H2,1H3. The van der Waals surface area contributed by atoms with Gasteiger partial charge in [-0.3, -0.25) is 14.9 Å². The molecule has 1 amide bonds. The quantitative estimate of drug-likeness (QED) is 0.377. The summed E-state index contributed by atoms with van der Waals surface area (Å²) in [6, 6.07) is 11.3. The number of hydrogen-bond donors (Lipinski definition) is 0. The first kappa shape index (κ1) is 23.6. The summed E-state index contributed by atoms with van der Waals surface area (Å²) >= 11 is 0. The van der Waals surface area contributed by atoms with Crippen molar-refractivity contribution in [2.45, 2.75) is 18.8 Å². The number of piperidine rings is 1. The van der Waals surface area contributed by atoms with E-state index in [1.807, 2.05) is 28.0 Å². The van der Waals surface area contributed by atoms with E-state index in [1.54, 1.807) is 24.1 Å². The molecule has 2 saturated heterocycles. The molecule has 2 fully saturated rings. The Morgan fingerprint density at radius 3 is 2.28 bits per heavy atom. The molecule has 0 spiro atoms. The van der Waals surface area contributed by atoms with Crippen LogP contribution in [0.1, 0.15) is 34.9 Å². The van der Waals surface area contributed by atoms with Crippen LogP contribution in [0.2, 0.25) is 0 Å². The second-order valence-corrected chi connectivity index (χ2v) is 8.89. The Morgan fingerprint density at radius 2 is 1.67 bits per heavy atom. The van der Waals surface area contributed by atoms with Gasteiger partial charge in [-0.2, -0.15) is 0 Å². The van der Waals surface area contributed by atoms with Crippen LogP contribution in [0.4, 0.5) is 17.3 Å². The smallest absolute Gasteiger partial charge is 0.353 e. The van der Waals surface area contributed by atoms with Crippen molar-refractivity contribution in [3.8, 4) is 5.75 Å². The van der Waals surface area contributed by atoms with Gasteiger partial charge in [-0.15, -0.1) is 0 Å². The number of amides is 1. The number of aromatic nitrogens is 2. The summed E-state index contributed by atoms with van der Waals surface area (Å²) in [5.41, 5.74) is 1.08. The summed E-state index contributed by atoms with van der Waals surface area (Å²) in [5, 5.41) is 12.2. The van der Waals surface area contributed by atoms with Gasteiger partial charge in [0.1, 0.15) is 12.1 Å². The Labute approximate surface area is 208 Å². The van der Waals surface area contributed by atoms with Crippen LogP contribution in [-0.4, -0.2) is 72.1 Å². The van der Waals surface area contributed by atoms with Crippen molar-refractivity contribution in [2.75, 3.05) is 56.2 Å². The number of furan rings is 1. The Kier molecular flexibility index (Phi) is 6.70. The van der Waals surface area contributed by atoms with E-state index in [-0.39, 0.29) is 17.4 Å². The van der Waals surface area contributed by atoms with E-state index in [2.05, 4.69) is 16.0 Å². The summed E-state index contributed by atoms with van der Waals surface area (Å²) in [4.78, 5) is 38.5. The van der Waals surface area contributed by atoms with Gasteiger partial charge in [0.2, 0.25) is 11.6 Å². The molecule has 11 nitrogen and oxygen atoms in total. The number of carbonyl (C=O) groups is 1. The molecule has 36 heavy (non-hydrogen) atoms. The van der Waals surface area contributed by atoms with Crippen molar-refractivity contribution in [3.63, 3.8) is 0 Å². The van der Waals surface area contributed by atoms with Crippen LogP contribution in [0.25, 0.3) is 0 Å². The van der Waals surface area contributed by atoms with Gasteiger partial charge in [0.25, 0.3) is 5.91 Å². The number of nitrogens with zero attached hydrogens (tertiary/aromatic N) is 6. The average molecular weight is 493 g/mol. The van der Waals surface area contributed by atoms with Crippen molar-refractivity contribution in [1.29, 1.82) is 0 Å². The molecular formula is C25H28N6O5. The SMILES string of the molecule is COc1ccccc1C1CCN(c2ncnc(N3CCN(C(=O)c4ccco4)CC3)c2[N+](=O)[O-])CC1. The van der Waals surface area contributed by atoms with Crippen LogP contribution in [0.5, 0.6) is 5.75 Å². The molecule has 0 unspecified atom stereocenters. The van der Waals surface area contributed by atoms with E-state index in [4.69, 9.17) is 9.15 Å². The number of benzene rings is 1. The topological polar surface area (TPSA) is 118 Å². The first-order valence-electron chi connectivity index (χ1n) is 12.0. The third kappa shape index (κ3) is 4.56. The van der Waals surface area contributed by atoms with Crippen molar-refractivity contribution in [2.24, 2.45) is 0 Å². The largest absolute Gasteiger partial charge is 0.496 e. The summed E-state index contributed by atoms with van der Waals surface area (Å²) < 4.78 is 10.7. The lowest BCUT2D eigenvalue weighted by atomic mass is 9.89. The number of rotatable bonds is 6. The predicted molar refractivity (Wildman–Crippen MR) is 133 cm³/mol. The summed E-state index contributed by atoms with van der Waals surface area (Å²) in [7, 11) is 1.67. The molecule has 0 bridgehead atoms. The maximum Gasteiger partial charge on any atom is 0.353 e. The van der Waals surface area contributed by atoms with Gasteiger partial charge in [0.15, 0.2) is 5.76 Å². The number of ether oxygens (including phenoxy) is 1. The molecule has 0 atom stereocenters. The third-order valence-electron chi connectivity index (χ3n) is 6.94. The zero-order valence-corrected chi connectivity index (χ0v) is 20.1. The number of para-hydroxylation sites is 1. The molecule has 1 aromatic carbocycles. The molecular weight excluding hydrogens is 464 g/mol. The van der Waals surface area contributed by atoms with Gasteiger partial charge in [-0.25, -0.2) is 9.97 Å². The Bertz CT molecular complexity index is 1220. The van der Waals surface area contributed by atoms with Gasteiger partial charge in [0.05, 0.1) is 18.3 Å². The van der Waals surface area contributed by atoms with Gasteiger partial charge >= 0.3 is 5.69 Å². The van der Waals surface area contributed by atoms with Crippen molar-refractivity contribution in [3.05, 3.63) is 70.4 Å². The van der Waals surface area contributed by atoms with Crippen LogP contribution in [0, 0.1) is 10.1 Å². The minimum atomic E-state index is -0.392. The van der Waals surface area contributed by atoms with E-state index < -0.39 is 4.92 Å². The number of hydrogen-bond acceptors (Lipinski definition) is 9. The van der Waals surface area contributed by atoms with Gasteiger partial charge < -0.3 is 23.9 Å². The molecule has 2 aliphatic heterocycles. The maximum absolute atomic E-state index is 12.6. The molecule has 3 aromatic rings. The normalized spacial score (nSPS) is 16.8. The van der Waals surface area contributed by atoms with E-state index in [9.17, 15) is 14.9 Å². The van der Waals surface area contributed by atoms with Crippen LogP contribution >= 0.6 is 0 Å². The summed E-state index contributed by atoms with van der Waals surface area (Å²) in [6.45, 7) is 2.98. The van der Waals surface area contributed by atoms with Gasteiger partial charge in [-0.1, -0.05) is 18.2 Å². The van der Waals surface area contributed by atoms with E-state index in [0.717, 1.165) is 18.6 Å². The fourth-order valence-electron chi connectivity index (χ4n) is 5.07. The second kappa shape index (κ2) is 10.2. The van der Waals surface area contributed by atoms with Crippen molar-refractivity contribution < 1.29 is 18.9 Å². The molecule has 0 saturated carbocycles. The highest BCUT2D eigenvalue weighted by molar-refractivity contribution is 5.91. The van der Waals surface area contributed by atoms with Crippen molar-refractivity contribution >= 4 is 23.2 Å². The maximum atomic E-state index is 12.6. The summed E-state index contributed by atoms with van der Waals surface area (Å²) in [5.74, 6) is 1.93. The van der Waals surface area contributed by atoms with Crippen LogP contribution in [0.15, 0.2) is 53.4 Å². The Hall–Kier alpha value is -4.15. The zero-order valence-electron chi connectivity index (χ0n) is 20.1. The highest BCUT2D eigenvalue weighted by atomic mass is 16.6. The van der Waals surface area contributed by atoms with Gasteiger partial charge in [0, 0.05) is 39.3 Å². The first-order valence-corrected chi connectivity index (χ1v) is 12.0. The second-order valence-electron chi connectivity index (χ2n) is 8.89. The predicted octanol–water partition coefficient (Wildman–Crippen LogP) is 3.33. The lowest BCUT2D eigenvalue weighted by molar-refractivity contribution is -0.383.